The normalized spacial score (nSPS) is 31.6. The number of ether oxygens (including phenoxy) is 1. The van der Waals surface area contributed by atoms with E-state index in [4.69, 9.17) is 16.3 Å². The number of anilines is 1. The van der Waals surface area contributed by atoms with E-state index in [9.17, 15) is 18.3 Å². The minimum atomic E-state index is -3.85. The maximum absolute atomic E-state index is 13.3. The molecule has 2 N–H and O–H groups in total. The van der Waals surface area contributed by atoms with Crippen LogP contribution < -0.4 is 14.4 Å². The maximum atomic E-state index is 13.3. The first kappa shape index (κ1) is 31.1. The average molecular weight is 617 g/mol. The molecule has 2 aromatic rings. The second-order valence-corrected chi connectivity index (χ2v) is 15.8. The summed E-state index contributed by atoms with van der Waals surface area (Å²) in [5.41, 5.74) is 2.27. The molecule has 0 aromatic heterocycles. The quantitative estimate of drug-likeness (QED) is 0.423. The Hall–Kier alpha value is -2.29. The first-order valence-electron chi connectivity index (χ1n) is 15.4. The molecular weight excluding hydrogens is 572 g/mol. The third-order valence-electron chi connectivity index (χ3n) is 9.86. The summed E-state index contributed by atoms with van der Waals surface area (Å²) >= 11 is 6.42. The smallest absolute Gasteiger partial charge is 0.264 e. The lowest BCUT2D eigenvalue weighted by atomic mass is 9.63. The fraction of sp³-hybridized carbons (Fsp3) is 0.606. The summed E-state index contributed by atoms with van der Waals surface area (Å²) in [4.78, 5) is 15.6. The predicted octanol–water partition coefficient (Wildman–Crippen LogP) is 6.25. The Morgan fingerprint density at radius 3 is 2.62 bits per heavy atom. The van der Waals surface area contributed by atoms with E-state index in [2.05, 4.69) is 35.6 Å². The summed E-state index contributed by atoms with van der Waals surface area (Å²) in [6, 6.07) is 11.3. The van der Waals surface area contributed by atoms with Gasteiger partial charge < -0.3 is 14.7 Å². The first-order valence-corrected chi connectivity index (χ1v) is 17.3. The molecule has 2 bridgehead atoms. The number of halogens is 1. The summed E-state index contributed by atoms with van der Waals surface area (Å²) in [5.74, 6) is 0.487. The molecule has 230 valence electrons. The predicted molar refractivity (Wildman–Crippen MR) is 168 cm³/mol. The van der Waals surface area contributed by atoms with Crippen LogP contribution in [0.2, 0.25) is 5.02 Å². The zero-order valence-electron chi connectivity index (χ0n) is 25.3. The molecule has 1 fully saturated rings. The van der Waals surface area contributed by atoms with Gasteiger partial charge in [0, 0.05) is 29.1 Å². The number of aryl methyl sites for hydroxylation is 1. The second kappa shape index (κ2) is 12.0. The number of benzene rings is 2. The van der Waals surface area contributed by atoms with Crippen molar-refractivity contribution in [3.05, 3.63) is 58.1 Å². The molecule has 7 nitrogen and oxygen atoms in total. The average Bonchev–Trinajstić information content (AvgIpc) is 3.04. The molecule has 1 saturated carbocycles. The summed E-state index contributed by atoms with van der Waals surface area (Å²) < 4.78 is 34.8. The van der Waals surface area contributed by atoms with E-state index in [-0.39, 0.29) is 16.9 Å². The molecular formula is C33H45ClN2O5S. The van der Waals surface area contributed by atoms with E-state index in [1.165, 1.54) is 11.1 Å². The third kappa shape index (κ3) is 6.31. The molecule has 2 aromatic carbocycles. The summed E-state index contributed by atoms with van der Waals surface area (Å²) in [7, 11) is -3.85. The Morgan fingerprint density at radius 1 is 1.12 bits per heavy atom. The molecule has 0 saturated heterocycles. The van der Waals surface area contributed by atoms with E-state index in [1.807, 2.05) is 13.0 Å². The van der Waals surface area contributed by atoms with Crippen molar-refractivity contribution < 1.29 is 23.1 Å². The highest BCUT2D eigenvalue weighted by Gasteiger charge is 2.45. The van der Waals surface area contributed by atoms with E-state index in [0.717, 1.165) is 37.8 Å². The zero-order chi connectivity index (χ0) is 30.3. The lowest BCUT2D eigenvalue weighted by Crippen LogP contribution is -2.51. The van der Waals surface area contributed by atoms with Crippen LogP contribution >= 0.6 is 11.6 Å². The Bertz CT molecular complexity index is 1430. The van der Waals surface area contributed by atoms with Gasteiger partial charge in [0.2, 0.25) is 10.0 Å². The lowest BCUT2D eigenvalue weighted by molar-refractivity contribution is -0.0742. The molecule has 5 rings (SSSR count). The first-order chi connectivity index (χ1) is 19.8. The van der Waals surface area contributed by atoms with Crippen molar-refractivity contribution in [2.75, 3.05) is 24.6 Å². The number of amides is 1. The molecule has 0 unspecified atom stereocenters. The van der Waals surface area contributed by atoms with Crippen molar-refractivity contribution >= 4 is 33.2 Å². The standard InChI is InChI=1S/C33H45ClN2O5S/c1-5-8-23-17-26(34)12-14-27(23)32(3)20-36-19-25-10-13-28(25)33(4,38)16-7-6-9-22(2)42(39,40)35-31(37)24-11-15-30(41-21-32)29(36)18-24/h11-12,14-15,17-18,22,25,28,38H,5-10,13,16,19-21H2,1-4H3,(H,35,37)/t22-,25-,28+,32-,33+/m0/s1. The number of hydrogen-bond donors (Lipinski definition) is 2. The van der Waals surface area contributed by atoms with Gasteiger partial charge in [-0.1, -0.05) is 50.8 Å². The summed E-state index contributed by atoms with van der Waals surface area (Å²) in [5, 5.41) is 11.6. The molecule has 2 aliphatic heterocycles. The molecule has 0 radical (unpaired) electrons. The van der Waals surface area contributed by atoms with Crippen LogP contribution in [0.15, 0.2) is 36.4 Å². The molecule has 1 aliphatic carbocycles. The van der Waals surface area contributed by atoms with E-state index >= 15 is 0 Å². The van der Waals surface area contributed by atoms with Crippen molar-refractivity contribution in [3.8, 4) is 5.75 Å². The SMILES string of the molecule is CCCc1cc(Cl)ccc1[C@]1(C)COc2ccc3cc2N(C[C@@H]2CC[C@H]2[C@](C)(O)CCCC[C@H](C)S(=O)(=O)NC3=O)C1. The number of sulfonamides is 1. The Labute approximate surface area is 256 Å². The molecule has 0 spiro atoms. The number of nitrogens with one attached hydrogen (secondary N) is 1. The van der Waals surface area contributed by atoms with Gasteiger partial charge in [0.05, 0.1) is 23.1 Å². The largest absolute Gasteiger partial charge is 0.490 e. The highest BCUT2D eigenvalue weighted by molar-refractivity contribution is 7.90. The number of carbonyl (C=O) groups excluding carboxylic acids is 1. The number of fused-ring (bicyclic) bond motifs is 2. The minimum Gasteiger partial charge on any atom is -0.490 e. The highest BCUT2D eigenvalue weighted by Crippen LogP contribution is 2.47. The van der Waals surface area contributed by atoms with Crippen molar-refractivity contribution in [3.63, 3.8) is 0 Å². The van der Waals surface area contributed by atoms with Gasteiger partial charge in [-0.2, -0.15) is 0 Å². The zero-order valence-corrected chi connectivity index (χ0v) is 26.9. The van der Waals surface area contributed by atoms with Gasteiger partial charge in [-0.3, -0.25) is 4.79 Å². The van der Waals surface area contributed by atoms with Crippen LogP contribution in [0.4, 0.5) is 5.69 Å². The van der Waals surface area contributed by atoms with Crippen LogP contribution in [0.3, 0.4) is 0 Å². The van der Waals surface area contributed by atoms with Crippen LogP contribution in [0, 0.1) is 11.8 Å². The number of aliphatic hydroxyl groups is 1. The fourth-order valence-electron chi connectivity index (χ4n) is 7.20. The topological polar surface area (TPSA) is 95.9 Å². The third-order valence-corrected chi connectivity index (χ3v) is 11.9. The molecule has 1 amide bonds. The van der Waals surface area contributed by atoms with Crippen LogP contribution in [0.1, 0.15) is 94.1 Å². The van der Waals surface area contributed by atoms with Gasteiger partial charge in [-0.15, -0.1) is 0 Å². The maximum Gasteiger partial charge on any atom is 0.264 e. The second-order valence-electron chi connectivity index (χ2n) is 13.3. The van der Waals surface area contributed by atoms with Crippen molar-refractivity contribution in [2.45, 2.75) is 95.3 Å². The molecule has 42 heavy (non-hydrogen) atoms. The van der Waals surface area contributed by atoms with Crippen molar-refractivity contribution in [2.24, 2.45) is 11.8 Å². The van der Waals surface area contributed by atoms with Crippen LogP contribution in [0.25, 0.3) is 0 Å². The number of nitrogens with zero attached hydrogens (tertiary/aromatic N) is 1. The highest BCUT2D eigenvalue weighted by atomic mass is 35.5. The van der Waals surface area contributed by atoms with Crippen LogP contribution in [-0.4, -0.2) is 50.0 Å². The van der Waals surface area contributed by atoms with Gasteiger partial charge in [-0.05, 0) is 99.2 Å². The molecule has 9 heteroatoms. The van der Waals surface area contributed by atoms with Gasteiger partial charge in [0.15, 0.2) is 0 Å². The Morgan fingerprint density at radius 2 is 1.90 bits per heavy atom. The molecule has 3 aliphatic rings. The van der Waals surface area contributed by atoms with Gasteiger partial charge in [0.25, 0.3) is 5.91 Å². The van der Waals surface area contributed by atoms with E-state index in [0.29, 0.717) is 55.6 Å². The summed E-state index contributed by atoms with van der Waals surface area (Å²) in [6.45, 7) is 9.76. The molecule has 2 heterocycles. The fourth-order valence-corrected chi connectivity index (χ4v) is 8.45. The number of rotatable bonds is 3. The van der Waals surface area contributed by atoms with E-state index in [1.54, 1.807) is 25.1 Å². The van der Waals surface area contributed by atoms with Gasteiger partial charge in [0.1, 0.15) is 5.75 Å². The monoisotopic (exact) mass is 616 g/mol. The minimum absolute atomic E-state index is 0.156. The van der Waals surface area contributed by atoms with E-state index < -0.39 is 26.8 Å². The van der Waals surface area contributed by atoms with Gasteiger partial charge >= 0.3 is 0 Å². The van der Waals surface area contributed by atoms with Crippen LogP contribution in [-0.2, 0) is 21.9 Å². The summed E-state index contributed by atoms with van der Waals surface area (Å²) in [6.07, 6.45) is 6.36. The van der Waals surface area contributed by atoms with Gasteiger partial charge in [-0.25, -0.2) is 13.1 Å². The number of hydrogen-bond acceptors (Lipinski definition) is 6. The van der Waals surface area contributed by atoms with Crippen LogP contribution in [0.5, 0.6) is 5.75 Å². The van der Waals surface area contributed by atoms with Crippen molar-refractivity contribution in [1.29, 1.82) is 0 Å². The molecule has 5 atom stereocenters. The lowest BCUT2D eigenvalue weighted by Gasteiger charge is -2.48. The number of carbonyl (C=O) groups is 1. The van der Waals surface area contributed by atoms with Crippen molar-refractivity contribution in [1.82, 2.24) is 4.72 Å². The Balaban J connectivity index is 1.58. The Kier molecular flexibility index (Phi) is 8.90.